The van der Waals surface area contributed by atoms with E-state index in [1.165, 1.54) is 16.4 Å². The molecule has 1 N–H and O–H groups in total. The molecule has 0 bridgehead atoms. The molecule has 7 heteroatoms. The Bertz CT molecular complexity index is 655. The van der Waals surface area contributed by atoms with E-state index < -0.39 is 16.1 Å². The fourth-order valence-corrected chi connectivity index (χ4v) is 3.63. The van der Waals surface area contributed by atoms with E-state index in [2.05, 4.69) is 5.32 Å². The fraction of sp³-hybridized carbons (Fsp3) is 0.385. The molecule has 0 amide bonds. The number of rotatable bonds is 3. The number of nitriles is 2. The highest BCUT2D eigenvalue weighted by molar-refractivity contribution is 7.89. The van der Waals surface area contributed by atoms with Crippen LogP contribution in [0, 0.1) is 22.7 Å². The molecule has 1 saturated heterocycles. The summed E-state index contributed by atoms with van der Waals surface area (Å²) in [6.07, 6.45) is 0.245. The average molecular weight is 290 g/mol. The zero-order valence-corrected chi connectivity index (χ0v) is 11.6. The first-order chi connectivity index (χ1) is 9.59. The van der Waals surface area contributed by atoms with Gasteiger partial charge in [0.1, 0.15) is 6.04 Å². The number of benzene rings is 1. The van der Waals surface area contributed by atoms with Gasteiger partial charge in [-0.05, 0) is 17.7 Å². The topological polar surface area (TPSA) is 97.0 Å². The summed E-state index contributed by atoms with van der Waals surface area (Å²) in [6.45, 7) is 1.15. The zero-order chi connectivity index (χ0) is 14.6. The Balaban J connectivity index is 2.30. The smallest absolute Gasteiger partial charge is 0.244 e. The lowest BCUT2D eigenvalue weighted by Crippen LogP contribution is -2.52. The van der Waals surface area contributed by atoms with Crippen molar-refractivity contribution in [2.45, 2.75) is 17.4 Å². The standard InChI is InChI=1S/C13H14N4O2S/c14-6-5-11-1-3-13(4-2-11)20(18,19)17-8-7-16-10-12(17)9-15/h1-4,12,16H,5,7-8,10H2. The molecule has 20 heavy (non-hydrogen) atoms. The van der Waals surface area contributed by atoms with Crippen molar-refractivity contribution in [3.8, 4) is 12.1 Å². The van der Waals surface area contributed by atoms with Crippen molar-refractivity contribution in [3.63, 3.8) is 0 Å². The van der Waals surface area contributed by atoms with E-state index in [4.69, 9.17) is 10.5 Å². The summed E-state index contributed by atoms with van der Waals surface area (Å²) in [5.41, 5.74) is 0.767. The first kappa shape index (κ1) is 14.5. The number of hydrogen-bond acceptors (Lipinski definition) is 5. The van der Waals surface area contributed by atoms with Gasteiger partial charge in [0, 0.05) is 19.6 Å². The molecule has 2 rings (SSSR count). The molecular formula is C13H14N4O2S. The van der Waals surface area contributed by atoms with Crippen LogP contribution in [0.25, 0.3) is 0 Å². The largest absolute Gasteiger partial charge is 0.313 e. The molecule has 1 unspecified atom stereocenters. The maximum absolute atomic E-state index is 12.5. The van der Waals surface area contributed by atoms with E-state index in [0.29, 0.717) is 13.1 Å². The summed E-state index contributed by atoms with van der Waals surface area (Å²) >= 11 is 0. The van der Waals surface area contributed by atoms with Crippen LogP contribution in [0.3, 0.4) is 0 Å². The maximum atomic E-state index is 12.5. The Morgan fingerprint density at radius 1 is 1.30 bits per heavy atom. The maximum Gasteiger partial charge on any atom is 0.244 e. The first-order valence-electron chi connectivity index (χ1n) is 6.17. The Morgan fingerprint density at radius 3 is 2.60 bits per heavy atom. The molecule has 1 aromatic carbocycles. The molecule has 1 aliphatic rings. The quantitative estimate of drug-likeness (QED) is 0.860. The average Bonchev–Trinajstić information content (AvgIpc) is 2.48. The third-order valence-corrected chi connectivity index (χ3v) is 5.08. The van der Waals surface area contributed by atoms with Crippen LogP contribution < -0.4 is 5.32 Å². The molecule has 0 aromatic heterocycles. The molecule has 0 saturated carbocycles. The van der Waals surface area contributed by atoms with E-state index in [9.17, 15) is 8.42 Å². The molecule has 1 aromatic rings. The van der Waals surface area contributed by atoms with Gasteiger partial charge in [-0.3, -0.25) is 0 Å². The van der Waals surface area contributed by atoms with Crippen molar-refractivity contribution in [1.29, 1.82) is 10.5 Å². The summed E-state index contributed by atoms with van der Waals surface area (Å²) in [5.74, 6) is 0. The van der Waals surface area contributed by atoms with Crippen molar-refractivity contribution in [2.75, 3.05) is 19.6 Å². The van der Waals surface area contributed by atoms with Crippen LogP contribution in [0.2, 0.25) is 0 Å². The molecule has 0 radical (unpaired) electrons. The van der Waals surface area contributed by atoms with Crippen LogP contribution in [0.5, 0.6) is 0 Å². The zero-order valence-electron chi connectivity index (χ0n) is 10.8. The third-order valence-electron chi connectivity index (χ3n) is 3.16. The summed E-state index contributed by atoms with van der Waals surface area (Å²) in [7, 11) is -3.67. The Morgan fingerprint density at radius 2 is 2.00 bits per heavy atom. The van der Waals surface area contributed by atoms with Gasteiger partial charge in [0.05, 0.1) is 23.5 Å². The van der Waals surface area contributed by atoms with Crippen molar-refractivity contribution in [3.05, 3.63) is 29.8 Å². The van der Waals surface area contributed by atoms with Gasteiger partial charge in [-0.15, -0.1) is 0 Å². The minimum atomic E-state index is -3.67. The summed E-state index contributed by atoms with van der Waals surface area (Å²) in [4.78, 5) is 0.154. The molecule has 6 nitrogen and oxygen atoms in total. The molecule has 1 fully saturated rings. The minimum absolute atomic E-state index is 0.154. The fourth-order valence-electron chi connectivity index (χ4n) is 2.09. The van der Waals surface area contributed by atoms with Gasteiger partial charge in [-0.2, -0.15) is 14.8 Å². The van der Waals surface area contributed by atoms with E-state index in [0.717, 1.165) is 5.56 Å². The van der Waals surface area contributed by atoms with E-state index >= 15 is 0 Å². The van der Waals surface area contributed by atoms with Gasteiger partial charge in [-0.25, -0.2) is 8.42 Å². The molecule has 1 aliphatic heterocycles. The lowest BCUT2D eigenvalue weighted by molar-refractivity contribution is 0.312. The Labute approximate surface area is 118 Å². The van der Waals surface area contributed by atoms with E-state index in [-0.39, 0.29) is 17.9 Å². The highest BCUT2D eigenvalue weighted by Crippen LogP contribution is 2.19. The Hall–Kier alpha value is -1.93. The monoisotopic (exact) mass is 290 g/mol. The first-order valence-corrected chi connectivity index (χ1v) is 7.61. The number of sulfonamides is 1. The molecule has 0 aliphatic carbocycles. The lowest BCUT2D eigenvalue weighted by atomic mass is 10.2. The molecule has 104 valence electrons. The number of piperazine rings is 1. The third kappa shape index (κ3) is 2.81. The van der Waals surface area contributed by atoms with Crippen molar-refractivity contribution in [1.82, 2.24) is 9.62 Å². The molecular weight excluding hydrogens is 276 g/mol. The van der Waals surface area contributed by atoms with Crippen molar-refractivity contribution >= 4 is 10.0 Å². The second kappa shape index (κ2) is 6.02. The highest BCUT2D eigenvalue weighted by atomic mass is 32.2. The van der Waals surface area contributed by atoms with Crippen LogP contribution in [0.1, 0.15) is 5.56 Å². The summed E-state index contributed by atoms with van der Waals surface area (Å²) in [6, 6.07) is 9.54. The predicted octanol–water partition coefficient (Wildman–Crippen LogP) is 0.239. The lowest BCUT2D eigenvalue weighted by Gasteiger charge is -2.30. The minimum Gasteiger partial charge on any atom is -0.313 e. The normalized spacial score (nSPS) is 20.0. The van der Waals surface area contributed by atoms with Crippen LogP contribution >= 0.6 is 0 Å². The number of nitrogens with zero attached hydrogens (tertiary/aromatic N) is 3. The van der Waals surface area contributed by atoms with Crippen molar-refractivity contribution < 1.29 is 8.42 Å². The van der Waals surface area contributed by atoms with Gasteiger partial charge < -0.3 is 5.32 Å². The van der Waals surface area contributed by atoms with E-state index in [1.54, 1.807) is 12.1 Å². The van der Waals surface area contributed by atoms with Crippen molar-refractivity contribution in [2.24, 2.45) is 0 Å². The van der Waals surface area contributed by atoms with Crippen LogP contribution in [-0.2, 0) is 16.4 Å². The van der Waals surface area contributed by atoms with E-state index in [1.807, 2.05) is 12.1 Å². The molecule has 0 spiro atoms. The van der Waals surface area contributed by atoms with Gasteiger partial charge in [0.2, 0.25) is 10.0 Å². The number of nitrogens with one attached hydrogen (secondary N) is 1. The predicted molar refractivity (Wildman–Crippen MR) is 71.9 cm³/mol. The second-order valence-corrected chi connectivity index (χ2v) is 6.33. The Kier molecular flexibility index (Phi) is 4.35. The highest BCUT2D eigenvalue weighted by Gasteiger charge is 2.33. The SMILES string of the molecule is N#CCc1ccc(S(=O)(=O)N2CCNCC2C#N)cc1. The molecule has 1 heterocycles. The van der Waals surface area contributed by atoms with Gasteiger partial charge >= 0.3 is 0 Å². The van der Waals surface area contributed by atoms with Gasteiger partial charge in [-0.1, -0.05) is 12.1 Å². The number of hydrogen-bond donors (Lipinski definition) is 1. The van der Waals surface area contributed by atoms with Gasteiger partial charge in [0.25, 0.3) is 0 Å². The van der Waals surface area contributed by atoms with Crippen LogP contribution in [0.4, 0.5) is 0 Å². The second-order valence-electron chi connectivity index (χ2n) is 4.44. The molecule has 1 atom stereocenters. The van der Waals surface area contributed by atoms with Crippen LogP contribution in [0.15, 0.2) is 29.2 Å². The summed E-state index contributed by atoms with van der Waals surface area (Å²) in [5, 5.41) is 20.7. The summed E-state index contributed by atoms with van der Waals surface area (Å²) < 4.78 is 26.2. The van der Waals surface area contributed by atoms with Crippen LogP contribution in [-0.4, -0.2) is 38.4 Å². The van der Waals surface area contributed by atoms with Gasteiger partial charge in [0.15, 0.2) is 0 Å².